The molecule has 0 spiro atoms. The minimum atomic E-state index is -0.289. The van der Waals surface area contributed by atoms with Gasteiger partial charge in [-0.25, -0.2) is 0 Å². The molecule has 4 rings (SSSR count). The molecule has 7 nitrogen and oxygen atoms in total. The van der Waals surface area contributed by atoms with E-state index in [0.717, 1.165) is 58.9 Å². The topological polar surface area (TPSA) is 47.9 Å². The van der Waals surface area contributed by atoms with E-state index in [9.17, 15) is 4.79 Å². The molecule has 194 valence electrons. The Labute approximate surface area is 212 Å². The third-order valence-corrected chi connectivity index (χ3v) is 7.96. The summed E-state index contributed by atoms with van der Waals surface area (Å²) >= 11 is 0. The molecule has 0 bridgehead atoms. The fourth-order valence-electron chi connectivity index (χ4n) is 5.69. The average Bonchev–Trinajstić information content (AvgIpc) is 3.18. The first-order valence-corrected chi connectivity index (χ1v) is 13.5. The van der Waals surface area contributed by atoms with Crippen LogP contribution in [-0.4, -0.2) is 99.7 Å². The minimum Gasteiger partial charge on any atom is -0.337 e. The lowest BCUT2D eigenvalue weighted by atomic mass is 9.93. The lowest BCUT2D eigenvalue weighted by molar-refractivity contribution is -0.144. The van der Waals surface area contributed by atoms with E-state index in [4.69, 9.17) is 0 Å². The van der Waals surface area contributed by atoms with E-state index in [0.29, 0.717) is 12.1 Å². The smallest absolute Gasteiger partial charge is 0.228 e. The van der Waals surface area contributed by atoms with Crippen molar-refractivity contribution in [3.63, 3.8) is 0 Å². The van der Waals surface area contributed by atoms with E-state index < -0.39 is 0 Å². The highest BCUT2D eigenvalue weighted by atomic mass is 16.2. The number of hydrogen-bond acceptors (Lipinski definition) is 5. The van der Waals surface area contributed by atoms with E-state index in [1.165, 1.54) is 29.3 Å². The van der Waals surface area contributed by atoms with Gasteiger partial charge in [-0.15, -0.1) is 0 Å². The summed E-state index contributed by atoms with van der Waals surface area (Å²) in [5.41, 5.74) is 2.29. The van der Waals surface area contributed by atoms with Crippen LogP contribution in [0.3, 0.4) is 0 Å². The lowest BCUT2D eigenvalue weighted by Gasteiger charge is -2.42. The van der Waals surface area contributed by atoms with Gasteiger partial charge in [-0.3, -0.25) is 24.2 Å². The van der Waals surface area contributed by atoms with Crippen LogP contribution in [0.2, 0.25) is 0 Å². The predicted octanol–water partition coefficient (Wildman–Crippen LogP) is 3.44. The second-order valence-electron chi connectivity index (χ2n) is 11.9. The molecule has 35 heavy (non-hydrogen) atoms. The monoisotopic (exact) mass is 482 g/mol. The van der Waals surface area contributed by atoms with Crippen molar-refractivity contribution in [2.45, 2.75) is 66.1 Å². The Morgan fingerprint density at radius 2 is 1.80 bits per heavy atom. The number of amides is 1. The van der Waals surface area contributed by atoms with E-state index in [-0.39, 0.29) is 11.3 Å². The fraction of sp³-hybridized carbons (Fsp3) is 0.714. The first kappa shape index (κ1) is 26.1. The molecule has 0 N–H and O–H groups in total. The zero-order valence-electron chi connectivity index (χ0n) is 22.8. The quantitative estimate of drug-likeness (QED) is 0.605. The molecule has 1 amide bonds. The van der Waals surface area contributed by atoms with Crippen molar-refractivity contribution in [3.8, 4) is 0 Å². The van der Waals surface area contributed by atoms with E-state index in [2.05, 4.69) is 56.7 Å². The summed E-state index contributed by atoms with van der Waals surface area (Å²) in [5, 5.41) is 5.60. The summed E-state index contributed by atoms with van der Waals surface area (Å²) in [7, 11) is 2.00. The van der Waals surface area contributed by atoms with Crippen LogP contribution in [0.1, 0.15) is 53.0 Å². The Morgan fingerprint density at radius 3 is 2.49 bits per heavy atom. The third kappa shape index (κ3) is 6.43. The second-order valence-corrected chi connectivity index (χ2v) is 11.9. The highest BCUT2D eigenvalue weighted by Gasteiger charge is 2.33. The Hall–Kier alpha value is -1.96. The molecule has 3 heterocycles. The number of aryl methyl sites for hydroxylation is 1. The summed E-state index contributed by atoms with van der Waals surface area (Å²) in [4.78, 5) is 22.6. The van der Waals surface area contributed by atoms with Crippen LogP contribution >= 0.6 is 0 Å². The van der Waals surface area contributed by atoms with Gasteiger partial charge in [0.2, 0.25) is 5.91 Å². The van der Waals surface area contributed by atoms with Crippen molar-refractivity contribution >= 4 is 16.8 Å². The number of carbonyl (C=O) groups excluding carboxylic acids is 1. The molecule has 7 heteroatoms. The van der Waals surface area contributed by atoms with Crippen molar-refractivity contribution < 1.29 is 4.79 Å². The van der Waals surface area contributed by atoms with Gasteiger partial charge in [-0.05, 0) is 50.9 Å². The van der Waals surface area contributed by atoms with Crippen molar-refractivity contribution in [2.75, 3.05) is 52.4 Å². The molecule has 2 aromatic rings. The van der Waals surface area contributed by atoms with Crippen molar-refractivity contribution in [1.29, 1.82) is 0 Å². The van der Waals surface area contributed by atoms with Gasteiger partial charge in [0.25, 0.3) is 0 Å². The maximum absolute atomic E-state index is 12.7. The standard InChI is InChI=1S/C28H46N6O/c1-22(8-7-11-31-14-17-34(23(2)20-31)27(35)28(3,4)5)33-15-12-32(13-16-33)21-24-9-10-26-25(18-24)19-29-30(26)6/h9-10,18-19,22-23H,7-8,11-17,20-21H2,1-6H3. The van der Waals surface area contributed by atoms with Crippen LogP contribution in [0.4, 0.5) is 0 Å². The van der Waals surface area contributed by atoms with Crippen LogP contribution in [0.25, 0.3) is 10.9 Å². The maximum atomic E-state index is 12.7. The number of nitrogens with zero attached hydrogens (tertiary/aromatic N) is 6. The van der Waals surface area contributed by atoms with Crippen LogP contribution in [-0.2, 0) is 18.4 Å². The van der Waals surface area contributed by atoms with Crippen LogP contribution < -0.4 is 0 Å². The van der Waals surface area contributed by atoms with Gasteiger partial charge in [0, 0.05) is 82.3 Å². The molecule has 2 unspecified atom stereocenters. The molecule has 1 aromatic carbocycles. The van der Waals surface area contributed by atoms with Crippen LogP contribution in [0, 0.1) is 5.41 Å². The van der Waals surface area contributed by atoms with E-state index >= 15 is 0 Å². The van der Waals surface area contributed by atoms with Gasteiger partial charge in [0.1, 0.15) is 0 Å². The fourth-order valence-corrected chi connectivity index (χ4v) is 5.69. The molecule has 2 fully saturated rings. The van der Waals surface area contributed by atoms with Gasteiger partial charge in [0.05, 0.1) is 11.7 Å². The number of benzene rings is 1. The minimum absolute atomic E-state index is 0.287. The number of carbonyl (C=O) groups is 1. The third-order valence-electron chi connectivity index (χ3n) is 7.96. The molecule has 2 aliphatic rings. The van der Waals surface area contributed by atoms with Crippen LogP contribution in [0.15, 0.2) is 24.4 Å². The summed E-state index contributed by atoms with van der Waals surface area (Å²) < 4.78 is 1.94. The lowest BCUT2D eigenvalue weighted by Crippen LogP contribution is -2.56. The summed E-state index contributed by atoms with van der Waals surface area (Å²) in [6.45, 7) is 20.3. The van der Waals surface area contributed by atoms with E-state index in [1.54, 1.807) is 0 Å². The van der Waals surface area contributed by atoms with Crippen molar-refractivity contribution in [1.82, 2.24) is 29.4 Å². The van der Waals surface area contributed by atoms with Crippen molar-refractivity contribution in [2.24, 2.45) is 12.5 Å². The first-order valence-electron chi connectivity index (χ1n) is 13.5. The van der Waals surface area contributed by atoms with Gasteiger partial charge < -0.3 is 4.90 Å². The SMILES string of the molecule is CC(CCCN1CCN(C(=O)C(C)(C)C)C(C)C1)N1CCN(Cc2ccc3c(cnn3C)c2)CC1. The molecule has 2 saturated heterocycles. The molecule has 0 radical (unpaired) electrons. The largest absolute Gasteiger partial charge is 0.337 e. The molecule has 1 aromatic heterocycles. The normalized spacial score (nSPS) is 22.1. The van der Waals surface area contributed by atoms with Crippen LogP contribution in [0.5, 0.6) is 0 Å². The molecule has 2 atom stereocenters. The highest BCUT2D eigenvalue weighted by Crippen LogP contribution is 2.22. The Kier molecular flexibility index (Phi) is 8.19. The zero-order valence-corrected chi connectivity index (χ0v) is 22.8. The summed E-state index contributed by atoms with van der Waals surface area (Å²) in [6.07, 6.45) is 4.43. The average molecular weight is 483 g/mol. The molecular weight excluding hydrogens is 436 g/mol. The molecule has 0 aliphatic carbocycles. The molecule has 2 aliphatic heterocycles. The predicted molar refractivity (Wildman–Crippen MR) is 143 cm³/mol. The Morgan fingerprint density at radius 1 is 1.09 bits per heavy atom. The highest BCUT2D eigenvalue weighted by molar-refractivity contribution is 5.82. The molecule has 0 saturated carbocycles. The maximum Gasteiger partial charge on any atom is 0.228 e. The number of fused-ring (bicyclic) bond motifs is 1. The van der Waals surface area contributed by atoms with Gasteiger partial charge in [-0.2, -0.15) is 5.10 Å². The number of hydrogen-bond donors (Lipinski definition) is 0. The van der Waals surface area contributed by atoms with Crippen molar-refractivity contribution in [3.05, 3.63) is 30.0 Å². The van der Waals surface area contributed by atoms with Gasteiger partial charge in [-0.1, -0.05) is 26.8 Å². The number of piperazine rings is 2. The first-order chi connectivity index (χ1) is 16.6. The Bertz CT molecular complexity index is 987. The molecular formula is C28H46N6O. The number of rotatable bonds is 7. The summed E-state index contributed by atoms with van der Waals surface area (Å²) in [6, 6.07) is 7.67. The Balaban J connectivity index is 1.15. The zero-order chi connectivity index (χ0) is 25.2. The second kappa shape index (κ2) is 11.0. The number of aromatic nitrogens is 2. The van der Waals surface area contributed by atoms with Gasteiger partial charge >= 0.3 is 0 Å². The van der Waals surface area contributed by atoms with E-state index in [1.807, 2.05) is 38.7 Å². The summed E-state index contributed by atoms with van der Waals surface area (Å²) in [5.74, 6) is 0.287. The van der Waals surface area contributed by atoms with Gasteiger partial charge in [0.15, 0.2) is 0 Å².